The average molecular weight is 299 g/mol. The van der Waals surface area contributed by atoms with Crippen molar-refractivity contribution in [2.45, 2.75) is 32.7 Å². The highest BCUT2D eigenvalue weighted by molar-refractivity contribution is 6.00. The number of carbonyl (C=O) groups is 1. The first kappa shape index (κ1) is 14.2. The van der Waals surface area contributed by atoms with Gasteiger partial charge in [0.25, 0.3) is 0 Å². The minimum Gasteiger partial charge on any atom is -0.480 e. The zero-order valence-electron chi connectivity index (χ0n) is 12.4. The number of hydrogen-bond acceptors (Lipinski definition) is 5. The summed E-state index contributed by atoms with van der Waals surface area (Å²) in [6.07, 6.45) is 1.31. The molecule has 1 unspecified atom stereocenters. The van der Waals surface area contributed by atoms with Gasteiger partial charge in [0.05, 0.1) is 0 Å². The molecule has 0 fully saturated rings. The Bertz CT molecular complexity index is 842. The van der Waals surface area contributed by atoms with Crippen LogP contribution in [0.2, 0.25) is 0 Å². The van der Waals surface area contributed by atoms with Crippen LogP contribution in [0.4, 0.5) is 5.82 Å². The number of fused-ring (bicyclic) bond motifs is 3. The largest absolute Gasteiger partial charge is 0.480 e. The van der Waals surface area contributed by atoms with Gasteiger partial charge in [-0.05, 0) is 13.3 Å². The number of aliphatic carboxylic acids is 1. The van der Waals surface area contributed by atoms with Crippen LogP contribution in [-0.4, -0.2) is 36.9 Å². The fraction of sp³-hybridized carbons (Fsp3) is 0.333. The van der Waals surface area contributed by atoms with Gasteiger partial charge in [-0.15, -0.1) is 15.3 Å². The van der Waals surface area contributed by atoms with Gasteiger partial charge in [0.15, 0.2) is 17.3 Å². The Morgan fingerprint density at radius 3 is 2.73 bits per heavy atom. The lowest BCUT2D eigenvalue weighted by Crippen LogP contribution is -2.29. The number of carboxylic acids is 1. The lowest BCUT2D eigenvalue weighted by Gasteiger charge is -2.16. The van der Waals surface area contributed by atoms with Gasteiger partial charge in [-0.2, -0.15) is 4.52 Å². The number of nitrogens with one attached hydrogen (secondary N) is 1. The van der Waals surface area contributed by atoms with E-state index in [0.717, 1.165) is 17.2 Å². The molecule has 0 spiro atoms. The normalized spacial score (nSPS) is 12.6. The van der Waals surface area contributed by atoms with E-state index in [1.165, 1.54) is 0 Å². The molecule has 7 heteroatoms. The van der Waals surface area contributed by atoms with Crippen LogP contribution >= 0.6 is 0 Å². The van der Waals surface area contributed by atoms with Crippen LogP contribution in [0.5, 0.6) is 0 Å². The molecule has 0 aliphatic heterocycles. The Hall–Kier alpha value is -2.70. The summed E-state index contributed by atoms with van der Waals surface area (Å²) in [4.78, 5) is 11.4. The first-order chi connectivity index (χ1) is 10.6. The second-order valence-electron chi connectivity index (χ2n) is 5.20. The molecule has 3 rings (SSSR count). The van der Waals surface area contributed by atoms with E-state index in [9.17, 15) is 9.90 Å². The van der Waals surface area contributed by atoms with E-state index in [-0.39, 0.29) is 0 Å². The maximum atomic E-state index is 11.4. The smallest absolute Gasteiger partial charge is 0.326 e. The highest BCUT2D eigenvalue weighted by Gasteiger charge is 2.19. The average Bonchev–Trinajstić information content (AvgIpc) is 2.88. The number of anilines is 1. The van der Waals surface area contributed by atoms with Crippen LogP contribution in [0, 0.1) is 6.92 Å². The quantitative estimate of drug-likeness (QED) is 0.750. The monoisotopic (exact) mass is 299 g/mol. The number of benzene rings is 1. The summed E-state index contributed by atoms with van der Waals surface area (Å²) in [5.74, 6) is 0.311. The molecule has 3 aromatic rings. The highest BCUT2D eigenvalue weighted by atomic mass is 16.4. The first-order valence-corrected chi connectivity index (χ1v) is 7.22. The van der Waals surface area contributed by atoms with E-state index < -0.39 is 12.0 Å². The first-order valence-electron chi connectivity index (χ1n) is 7.22. The zero-order valence-corrected chi connectivity index (χ0v) is 12.4. The molecule has 2 aromatic heterocycles. The van der Waals surface area contributed by atoms with Gasteiger partial charge in [0.1, 0.15) is 6.04 Å². The predicted octanol–water partition coefficient (Wildman–Crippen LogP) is 2.25. The van der Waals surface area contributed by atoms with Crippen molar-refractivity contribution in [2.75, 3.05) is 5.32 Å². The molecule has 0 radical (unpaired) electrons. The summed E-state index contributed by atoms with van der Waals surface area (Å²) in [7, 11) is 0. The van der Waals surface area contributed by atoms with Crippen molar-refractivity contribution in [3.8, 4) is 0 Å². The fourth-order valence-electron chi connectivity index (χ4n) is 2.50. The number of hydrogen-bond donors (Lipinski definition) is 2. The van der Waals surface area contributed by atoms with Gasteiger partial charge in [-0.1, -0.05) is 37.6 Å². The molecule has 1 aromatic carbocycles. The molecule has 0 saturated heterocycles. The molecule has 0 saturated carbocycles. The number of aryl methyl sites for hydroxylation is 1. The van der Waals surface area contributed by atoms with Crippen molar-refractivity contribution >= 4 is 28.2 Å². The van der Waals surface area contributed by atoms with E-state index >= 15 is 0 Å². The van der Waals surface area contributed by atoms with Crippen LogP contribution in [0.25, 0.3) is 16.4 Å². The van der Waals surface area contributed by atoms with Crippen molar-refractivity contribution in [1.82, 2.24) is 19.8 Å². The molecule has 2 N–H and O–H groups in total. The van der Waals surface area contributed by atoms with Gasteiger partial charge < -0.3 is 10.4 Å². The predicted molar refractivity (Wildman–Crippen MR) is 83.0 cm³/mol. The SMILES string of the molecule is CCCC(Nc1nn2c(C)nnc2c2ccccc12)C(=O)O. The molecule has 114 valence electrons. The maximum Gasteiger partial charge on any atom is 0.326 e. The van der Waals surface area contributed by atoms with E-state index in [1.807, 2.05) is 38.1 Å². The van der Waals surface area contributed by atoms with Gasteiger partial charge in [-0.25, -0.2) is 4.79 Å². The van der Waals surface area contributed by atoms with Crippen LogP contribution < -0.4 is 5.32 Å². The molecule has 0 aliphatic carbocycles. The third-order valence-electron chi connectivity index (χ3n) is 3.61. The summed E-state index contributed by atoms with van der Waals surface area (Å²) < 4.78 is 1.63. The van der Waals surface area contributed by atoms with E-state index in [4.69, 9.17) is 0 Å². The minimum absolute atomic E-state index is 0.532. The van der Waals surface area contributed by atoms with Crippen molar-refractivity contribution in [3.63, 3.8) is 0 Å². The van der Waals surface area contributed by atoms with E-state index in [1.54, 1.807) is 4.52 Å². The van der Waals surface area contributed by atoms with Crippen molar-refractivity contribution in [2.24, 2.45) is 0 Å². The molecule has 0 bridgehead atoms. The van der Waals surface area contributed by atoms with Gasteiger partial charge in [0, 0.05) is 10.8 Å². The number of rotatable bonds is 5. The van der Waals surface area contributed by atoms with Gasteiger partial charge in [0.2, 0.25) is 0 Å². The molecule has 0 aliphatic rings. The number of carboxylic acid groups (broad SMARTS) is 1. The minimum atomic E-state index is -0.881. The van der Waals surface area contributed by atoms with Crippen molar-refractivity contribution < 1.29 is 9.90 Å². The molecule has 1 atom stereocenters. The third-order valence-corrected chi connectivity index (χ3v) is 3.61. The third kappa shape index (κ3) is 2.34. The van der Waals surface area contributed by atoms with Crippen LogP contribution in [-0.2, 0) is 4.79 Å². The van der Waals surface area contributed by atoms with Crippen LogP contribution in [0.3, 0.4) is 0 Å². The Kier molecular flexibility index (Phi) is 3.62. The van der Waals surface area contributed by atoms with Crippen molar-refractivity contribution in [1.29, 1.82) is 0 Å². The zero-order chi connectivity index (χ0) is 15.7. The summed E-state index contributed by atoms with van der Waals surface area (Å²) in [6.45, 7) is 3.77. The summed E-state index contributed by atoms with van der Waals surface area (Å²) in [5.41, 5.74) is 0.668. The molecule has 22 heavy (non-hydrogen) atoms. The van der Waals surface area contributed by atoms with E-state index in [2.05, 4.69) is 20.6 Å². The lowest BCUT2D eigenvalue weighted by atomic mass is 10.1. The van der Waals surface area contributed by atoms with E-state index in [0.29, 0.717) is 23.7 Å². The molecule has 2 heterocycles. The standard InChI is InChI=1S/C15H17N5O2/c1-3-6-12(15(21)22)16-13-10-7-4-5-8-11(10)14-18-17-9(2)20(14)19-13/h4-5,7-8,12H,3,6H2,1-2H3,(H,16,19)(H,21,22). The summed E-state index contributed by atoms with van der Waals surface area (Å²) in [6, 6.07) is 6.97. The summed E-state index contributed by atoms with van der Waals surface area (Å²) >= 11 is 0. The van der Waals surface area contributed by atoms with Gasteiger partial charge >= 0.3 is 5.97 Å². The highest BCUT2D eigenvalue weighted by Crippen LogP contribution is 2.25. The Labute approximate surface area is 127 Å². The Morgan fingerprint density at radius 1 is 1.32 bits per heavy atom. The van der Waals surface area contributed by atoms with Crippen molar-refractivity contribution in [3.05, 3.63) is 30.1 Å². The van der Waals surface area contributed by atoms with Crippen LogP contribution in [0.15, 0.2) is 24.3 Å². The molecular weight excluding hydrogens is 282 g/mol. The Morgan fingerprint density at radius 2 is 2.05 bits per heavy atom. The molecular formula is C15H17N5O2. The number of aromatic nitrogens is 4. The second-order valence-corrected chi connectivity index (χ2v) is 5.20. The fourth-order valence-corrected chi connectivity index (χ4v) is 2.50. The topological polar surface area (TPSA) is 92.4 Å². The molecule has 0 amide bonds. The summed E-state index contributed by atoms with van der Waals surface area (Å²) in [5, 5.41) is 26.8. The maximum absolute atomic E-state index is 11.4. The lowest BCUT2D eigenvalue weighted by molar-refractivity contribution is -0.138. The number of nitrogens with zero attached hydrogens (tertiary/aromatic N) is 4. The van der Waals surface area contributed by atoms with Gasteiger partial charge in [-0.3, -0.25) is 0 Å². The van der Waals surface area contributed by atoms with Crippen LogP contribution in [0.1, 0.15) is 25.6 Å². The molecule has 7 nitrogen and oxygen atoms in total. The Balaban J connectivity index is 2.18. The second kappa shape index (κ2) is 5.59.